The monoisotopic (exact) mass is 394 g/mol. The highest BCUT2D eigenvalue weighted by molar-refractivity contribution is 7.99. The van der Waals surface area contributed by atoms with Gasteiger partial charge in [0.1, 0.15) is 6.04 Å². The fourth-order valence-electron chi connectivity index (χ4n) is 2.56. The number of carbonyl (C=O) groups is 2. The molecule has 2 amide bonds. The molecule has 1 aliphatic rings. The second kappa shape index (κ2) is 8.13. The number of benzene rings is 2. The van der Waals surface area contributed by atoms with E-state index < -0.39 is 6.04 Å². The predicted molar refractivity (Wildman–Crippen MR) is 102 cm³/mol. The van der Waals surface area contributed by atoms with Crippen molar-refractivity contribution in [1.29, 1.82) is 0 Å². The molecule has 1 aliphatic heterocycles. The van der Waals surface area contributed by atoms with Crippen LogP contribution in [0.15, 0.2) is 48.5 Å². The van der Waals surface area contributed by atoms with Crippen LogP contribution in [0, 0.1) is 0 Å². The first-order valence-electron chi connectivity index (χ1n) is 7.71. The van der Waals surface area contributed by atoms with E-state index in [0.29, 0.717) is 33.8 Å². The molecule has 0 aliphatic carbocycles. The van der Waals surface area contributed by atoms with Gasteiger partial charge in [-0.1, -0.05) is 53.5 Å². The van der Waals surface area contributed by atoms with E-state index in [-0.39, 0.29) is 11.8 Å². The maximum absolute atomic E-state index is 12.7. The van der Waals surface area contributed by atoms with Crippen molar-refractivity contribution in [2.45, 2.75) is 12.6 Å². The molecule has 0 saturated carbocycles. The third-order valence-corrected chi connectivity index (χ3v) is 5.67. The van der Waals surface area contributed by atoms with Crippen LogP contribution < -0.4 is 5.32 Å². The summed E-state index contributed by atoms with van der Waals surface area (Å²) in [6.45, 7) is 0.440. The zero-order chi connectivity index (χ0) is 17.8. The van der Waals surface area contributed by atoms with Crippen molar-refractivity contribution in [3.8, 4) is 0 Å². The van der Waals surface area contributed by atoms with Gasteiger partial charge in [0.2, 0.25) is 5.91 Å². The van der Waals surface area contributed by atoms with Crippen LogP contribution in [-0.4, -0.2) is 34.4 Å². The number of nitrogens with one attached hydrogen (secondary N) is 1. The molecule has 2 aromatic rings. The van der Waals surface area contributed by atoms with E-state index in [2.05, 4.69) is 5.32 Å². The van der Waals surface area contributed by atoms with Gasteiger partial charge in [-0.25, -0.2) is 0 Å². The Kier molecular flexibility index (Phi) is 5.89. The zero-order valence-corrected chi connectivity index (χ0v) is 15.6. The van der Waals surface area contributed by atoms with Crippen molar-refractivity contribution >= 4 is 46.8 Å². The summed E-state index contributed by atoms with van der Waals surface area (Å²) in [6, 6.07) is 13.9. The van der Waals surface area contributed by atoms with Gasteiger partial charge in [-0.2, -0.15) is 0 Å². The fraction of sp³-hybridized carbons (Fsp3) is 0.222. The average Bonchev–Trinajstić information content (AvgIpc) is 3.12. The summed E-state index contributed by atoms with van der Waals surface area (Å²) >= 11 is 13.4. The zero-order valence-electron chi connectivity index (χ0n) is 13.2. The van der Waals surface area contributed by atoms with Crippen molar-refractivity contribution < 1.29 is 9.59 Å². The average molecular weight is 395 g/mol. The molecule has 4 nitrogen and oxygen atoms in total. The maximum Gasteiger partial charge on any atom is 0.255 e. The highest BCUT2D eigenvalue weighted by Gasteiger charge is 2.35. The molecule has 1 heterocycles. The lowest BCUT2D eigenvalue weighted by Crippen LogP contribution is -2.47. The third-order valence-electron chi connectivity index (χ3n) is 3.92. The number of hydrogen-bond donors (Lipinski definition) is 1. The van der Waals surface area contributed by atoms with Crippen molar-refractivity contribution in [3.63, 3.8) is 0 Å². The molecule has 3 rings (SSSR count). The van der Waals surface area contributed by atoms with Gasteiger partial charge in [0.25, 0.3) is 5.91 Å². The Morgan fingerprint density at radius 3 is 2.60 bits per heavy atom. The molecule has 0 radical (unpaired) electrons. The Morgan fingerprint density at radius 2 is 1.88 bits per heavy atom. The first-order valence-corrected chi connectivity index (χ1v) is 9.62. The molecule has 2 aromatic carbocycles. The van der Waals surface area contributed by atoms with Gasteiger partial charge in [0.05, 0.1) is 15.9 Å². The number of amides is 2. The minimum absolute atomic E-state index is 0.151. The highest BCUT2D eigenvalue weighted by atomic mass is 35.5. The van der Waals surface area contributed by atoms with Crippen molar-refractivity contribution in [3.05, 3.63) is 69.7 Å². The Balaban J connectivity index is 1.67. The first-order chi connectivity index (χ1) is 12.1. The van der Waals surface area contributed by atoms with E-state index in [9.17, 15) is 9.59 Å². The lowest BCUT2D eigenvalue weighted by Gasteiger charge is -2.23. The van der Waals surface area contributed by atoms with Crippen molar-refractivity contribution in [2.24, 2.45) is 0 Å². The number of nitrogens with zero attached hydrogens (tertiary/aromatic N) is 1. The van der Waals surface area contributed by atoms with Gasteiger partial charge in [-0.05, 0) is 23.8 Å². The lowest BCUT2D eigenvalue weighted by atomic mass is 10.1. The summed E-state index contributed by atoms with van der Waals surface area (Å²) in [7, 11) is 0. The Labute approximate surface area is 160 Å². The first kappa shape index (κ1) is 18.1. The van der Waals surface area contributed by atoms with Gasteiger partial charge < -0.3 is 10.2 Å². The van der Waals surface area contributed by atoms with E-state index in [4.69, 9.17) is 23.2 Å². The number of halogens is 2. The smallest absolute Gasteiger partial charge is 0.255 e. The fourth-order valence-corrected chi connectivity index (χ4v) is 4.01. The van der Waals surface area contributed by atoms with E-state index in [0.717, 1.165) is 5.56 Å². The van der Waals surface area contributed by atoms with Crippen LogP contribution in [0.3, 0.4) is 0 Å². The summed E-state index contributed by atoms with van der Waals surface area (Å²) < 4.78 is 0. The van der Waals surface area contributed by atoms with Crippen LogP contribution in [0.1, 0.15) is 15.9 Å². The number of carbonyl (C=O) groups excluding carboxylic acids is 2. The molecular weight excluding hydrogens is 379 g/mol. The topological polar surface area (TPSA) is 49.4 Å². The molecule has 7 heteroatoms. The minimum Gasteiger partial charge on any atom is -0.350 e. The van der Waals surface area contributed by atoms with E-state index in [1.807, 2.05) is 30.3 Å². The van der Waals surface area contributed by atoms with Crippen molar-refractivity contribution in [2.75, 3.05) is 11.6 Å². The van der Waals surface area contributed by atoms with Gasteiger partial charge in [0.15, 0.2) is 0 Å². The van der Waals surface area contributed by atoms with Crippen LogP contribution in [0.5, 0.6) is 0 Å². The van der Waals surface area contributed by atoms with Crippen LogP contribution in [-0.2, 0) is 11.3 Å². The Hall–Kier alpha value is -1.69. The van der Waals surface area contributed by atoms with Crippen LogP contribution in [0.2, 0.25) is 10.0 Å². The molecule has 0 aromatic heterocycles. The van der Waals surface area contributed by atoms with E-state index >= 15 is 0 Å². The normalized spacial score (nSPS) is 16.7. The second-order valence-electron chi connectivity index (χ2n) is 5.62. The summed E-state index contributed by atoms with van der Waals surface area (Å²) in [5.41, 5.74) is 1.45. The molecule has 1 atom stereocenters. The van der Waals surface area contributed by atoms with E-state index in [1.54, 1.807) is 28.8 Å². The quantitative estimate of drug-likeness (QED) is 0.856. The number of hydrogen-bond acceptors (Lipinski definition) is 3. The summed E-state index contributed by atoms with van der Waals surface area (Å²) in [4.78, 5) is 26.8. The van der Waals surface area contributed by atoms with Crippen molar-refractivity contribution in [1.82, 2.24) is 10.2 Å². The Morgan fingerprint density at radius 1 is 1.12 bits per heavy atom. The van der Waals surface area contributed by atoms with Crippen LogP contribution in [0.4, 0.5) is 0 Å². The molecule has 1 fully saturated rings. The standard InChI is InChI=1S/C18H16Cl2N2O2S/c19-14-7-6-13(8-15(14)20)18(24)22-11-25-10-16(22)17(23)21-9-12-4-2-1-3-5-12/h1-8,16H,9-11H2,(H,21,23)/t16-/m0/s1. The minimum atomic E-state index is -0.490. The summed E-state index contributed by atoms with van der Waals surface area (Å²) in [5, 5.41) is 3.62. The van der Waals surface area contributed by atoms with E-state index in [1.165, 1.54) is 6.07 Å². The molecule has 1 saturated heterocycles. The molecule has 1 N–H and O–H groups in total. The predicted octanol–water partition coefficient (Wildman–Crippen LogP) is 3.82. The second-order valence-corrected chi connectivity index (χ2v) is 7.44. The van der Waals surface area contributed by atoms with Crippen LogP contribution >= 0.6 is 35.0 Å². The van der Waals surface area contributed by atoms with Gasteiger partial charge in [-0.3, -0.25) is 9.59 Å². The number of thioether (sulfide) groups is 1. The largest absolute Gasteiger partial charge is 0.350 e. The molecule has 0 bridgehead atoms. The summed E-state index contributed by atoms with van der Waals surface area (Å²) in [5.74, 6) is 0.682. The molecule has 0 spiro atoms. The van der Waals surface area contributed by atoms with Gasteiger partial charge in [0, 0.05) is 17.9 Å². The molecule has 130 valence electrons. The Bertz CT molecular complexity index is 786. The van der Waals surface area contributed by atoms with Crippen LogP contribution in [0.25, 0.3) is 0 Å². The molecular formula is C18H16Cl2N2O2S. The SMILES string of the molecule is O=C(NCc1ccccc1)[C@@H]1CSCN1C(=O)c1ccc(Cl)c(Cl)c1. The third kappa shape index (κ3) is 4.29. The van der Waals surface area contributed by atoms with Gasteiger partial charge in [-0.15, -0.1) is 11.8 Å². The van der Waals surface area contributed by atoms with Gasteiger partial charge >= 0.3 is 0 Å². The highest BCUT2D eigenvalue weighted by Crippen LogP contribution is 2.27. The molecule has 25 heavy (non-hydrogen) atoms. The summed E-state index contributed by atoms with van der Waals surface area (Å²) in [6.07, 6.45) is 0. The maximum atomic E-state index is 12.7. The molecule has 0 unspecified atom stereocenters. The lowest BCUT2D eigenvalue weighted by molar-refractivity contribution is -0.124. The number of rotatable bonds is 4.